The molecule has 1 amide bonds. The molecule has 0 fully saturated rings. The van der Waals surface area contributed by atoms with E-state index in [9.17, 15) is 19.5 Å². The predicted molar refractivity (Wildman–Crippen MR) is 99.9 cm³/mol. The topological polar surface area (TPSA) is 126 Å². The van der Waals surface area contributed by atoms with Crippen LogP contribution < -0.4 is 20.7 Å². The summed E-state index contributed by atoms with van der Waals surface area (Å²) in [7, 11) is 4.34. The molecule has 2 aromatic rings. The van der Waals surface area contributed by atoms with E-state index in [0.717, 1.165) is 4.57 Å². The largest absolute Gasteiger partial charge is 0.497 e. The summed E-state index contributed by atoms with van der Waals surface area (Å²) in [4.78, 5) is 38.3. The van der Waals surface area contributed by atoms with Gasteiger partial charge in [-0.1, -0.05) is 0 Å². The summed E-state index contributed by atoms with van der Waals surface area (Å²) < 4.78 is 11.6. The van der Waals surface area contributed by atoms with Crippen LogP contribution in [0.25, 0.3) is 0 Å². The Hall–Kier alpha value is -3.56. The molecule has 3 rings (SSSR count). The Morgan fingerprint density at radius 1 is 1.29 bits per heavy atom. The van der Waals surface area contributed by atoms with Crippen molar-refractivity contribution in [3.05, 3.63) is 50.2 Å². The molecule has 1 aliphatic rings. The van der Waals surface area contributed by atoms with E-state index in [1.807, 2.05) is 0 Å². The van der Waals surface area contributed by atoms with Crippen molar-refractivity contribution >= 4 is 11.6 Å². The quantitative estimate of drug-likeness (QED) is 0.785. The fourth-order valence-corrected chi connectivity index (χ4v) is 3.16. The Bertz CT molecular complexity index is 1080. The number of benzene rings is 1. The number of H-pyrrole nitrogens is 1. The van der Waals surface area contributed by atoms with E-state index in [1.165, 1.54) is 33.2 Å². The molecule has 2 N–H and O–H groups in total. The minimum Gasteiger partial charge on any atom is -0.497 e. The SMILES string of the molecule is COc1ccc(OC)c([C@H]2CC(c3c(O)n(C)c(=O)[nH]c3=O)=NN2C(C)=O)c1. The molecule has 1 aliphatic heterocycles. The summed E-state index contributed by atoms with van der Waals surface area (Å²) in [5.41, 5.74) is -0.867. The summed E-state index contributed by atoms with van der Waals surface area (Å²) >= 11 is 0. The zero-order chi connectivity index (χ0) is 20.6. The minimum absolute atomic E-state index is 0.137. The number of carbonyl (C=O) groups is 1. The van der Waals surface area contributed by atoms with Gasteiger partial charge in [0.2, 0.25) is 11.8 Å². The summed E-state index contributed by atoms with van der Waals surface area (Å²) in [6.45, 7) is 1.34. The van der Waals surface area contributed by atoms with Crippen molar-refractivity contribution in [2.24, 2.45) is 12.1 Å². The van der Waals surface area contributed by atoms with Gasteiger partial charge < -0.3 is 14.6 Å². The number of hydrazone groups is 1. The number of aromatic nitrogens is 2. The molecule has 1 aromatic carbocycles. The number of aromatic hydroxyl groups is 1. The first-order chi connectivity index (χ1) is 13.3. The van der Waals surface area contributed by atoms with E-state index in [0.29, 0.717) is 17.1 Å². The molecule has 10 nitrogen and oxygen atoms in total. The van der Waals surface area contributed by atoms with Crippen molar-refractivity contribution in [2.75, 3.05) is 14.2 Å². The van der Waals surface area contributed by atoms with Crippen molar-refractivity contribution in [2.45, 2.75) is 19.4 Å². The number of hydrogen-bond acceptors (Lipinski definition) is 7. The molecule has 148 valence electrons. The van der Waals surface area contributed by atoms with E-state index in [4.69, 9.17) is 9.47 Å². The third-order valence-electron chi connectivity index (χ3n) is 4.61. The Morgan fingerprint density at radius 3 is 2.61 bits per heavy atom. The number of carbonyl (C=O) groups excluding carboxylic acids is 1. The maximum Gasteiger partial charge on any atom is 0.330 e. The first-order valence-electron chi connectivity index (χ1n) is 8.40. The lowest BCUT2D eigenvalue weighted by molar-refractivity contribution is -0.130. The van der Waals surface area contributed by atoms with Crippen LogP contribution in [0.15, 0.2) is 32.9 Å². The lowest BCUT2D eigenvalue weighted by atomic mass is 9.98. The first-order valence-corrected chi connectivity index (χ1v) is 8.40. The van der Waals surface area contributed by atoms with Crippen LogP contribution in [0.4, 0.5) is 0 Å². The lowest BCUT2D eigenvalue weighted by Crippen LogP contribution is -2.32. The van der Waals surface area contributed by atoms with Crippen molar-refractivity contribution in [3.8, 4) is 17.4 Å². The Kier molecular flexibility index (Phi) is 4.95. The molecule has 0 radical (unpaired) electrons. The molecule has 0 bridgehead atoms. The zero-order valence-corrected chi connectivity index (χ0v) is 15.8. The highest BCUT2D eigenvalue weighted by molar-refractivity contribution is 6.04. The minimum atomic E-state index is -0.777. The highest BCUT2D eigenvalue weighted by Crippen LogP contribution is 2.39. The normalized spacial score (nSPS) is 16.1. The molecule has 0 unspecified atom stereocenters. The zero-order valence-electron chi connectivity index (χ0n) is 15.8. The third-order valence-corrected chi connectivity index (χ3v) is 4.61. The van der Waals surface area contributed by atoms with Crippen LogP contribution in [-0.4, -0.2) is 45.5 Å². The van der Waals surface area contributed by atoms with Gasteiger partial charge >= 0.3 is 5.69 Å². The van der Waals surface area contributed by atoms with Crippen LogP contribution in [0, 0.1) is 0 Å². The van der Waals surface area contributed by atoms with E-state index >= 15 is 0 Å². The van der Waals surface area contributed by atoms with Gasteiger partial charge in [-0.25, -0.2) is 9.80 Å². The summed E-state index contributed by atoms with van der Waals surface area (Å²) in [5, 5.41) is 15.8. The third kappa shape index (κ3) is 3.13. The number of methoxy groups -OCH3 is 2. The first kappa shape index (κ1) is 19.2. The molecule has 0 spiro atoms. The average Bonchev–Trinajstić information content (AvgIpc) is 3.10. The molecule has 0 saturated carbocycles. The number of nitrogens with zero attached hydrogens (tertiary/aromatic N) is 3. The van der Waals surface area contributed by atoms with Gasteiger partial charge in [0, 0.05) is 26.0 Å². The second-order valence-corrected chi connectivity index (χ2v) is 6.25. The fraction of sp³-hybridized carbons (Fsp3) is 0.333. The van der Waals surface area contributed by atoms with E-state index in [-0.39, 0.29) is 23.6 Å². The smallest absolute Gasteiger partial charge is 0.330 e. The van der Waals surface area contributed by atoms with Crippen LogP contribution in [0.2, 0.25) is 0 Å². The number of hydrogen-bond donors (Lipinski definition) is 2. The fourth-order valence-electron chi connectivity index (χ4n) is 3.16. The van der Waals surface area contributed by atoms with Crippen LogP contribution in [0.5, 0.6) is 17.4 Å². The summed E-state index contributed by atoms with van der Waals surface area (Å²) in [5.74, 6) is 0.211. The lowest BCUT2D eigenvalue weighted by Gasteiger charge is -2.22. The highest BCUT2D eigenvalue weighted by Gasteiger charge is 2.36. The Balaban J connectivity index is 2.13. The summed E-state index contributed by atoms with van der Waals surface area (Å²) in [6, 6.07) is 4.58. The average molecular weight is 388 g/mol. The number of nitrogens with one attached hydrogen (secondary N) is 1. The van der Waals surface area contributed by atoms with Crippen LogP contribution >= 0.6 is 0 Å². The van der Waals surface area contributed by atoms with Gasteiger partial charge in [0.05, 0.1) is 26.0 Å². The molecular formula is C18H20N4O6. The Labute approximate surface area is 159 Å². The molecule has 0 aliphatic carbocycles. The molecule has 0 saturated heterocycles. The van der Waals surface area contributed by atoms with E-state index < -0.39 is 23.2 Å². The van der Waals surface area contributed by atoms with Gasteiger partial charge in [0.25, 0.3) is 5.56 Å². The maximum atomic E-state index is 12.3. The van der Waals surface area contributed by atoms with E-state index in [1.54, 1.807) is 18.2 Å². The molecule has 2 heterocycles. The number of aromatic amines is 1. The van der Waals surface area contributed by atoms with Crippen LogP contribution in [0.3, 0.4) is 0 Å². The van der Waals surface area contributed by atoms with Gasteiger partial charge in [-0.2, -0.15) is 5.10 Å². The predicted octanol–water partition coefficient (Wildman–Crippen LogP) is 0.494. The van der Waals surface area contributed by atoms with Crippen molar-refractivity contribution < 1.29 is 19.4 Å². The number of ether oxygens (including phenoxy) is 2. The molecule has 28 heavy (non-hydrogen) atoms. The van der Waals surface area contributed by atoms with Gasteiger partial charge in [0.1, 0.15) is 17.1 Å². The summed E-state index contributed by atoms with van der Waals surface area (Å²) in [6.07, 6.45) is 0.137. The molecule has 10 heteroatoms. The van der Waals surface area contributed by atoms with Gasteiger partial charge in [-0.15, -0.1) is 0 Å². The van der Waals surface area contributed by atoms with Crippen molar-refractivity contribution in [3.63, 3.8) is 0 Å². The van der Waals surface area contributed by atoms with Crippen molar-refractivity contribution in [1.29, 1.82) is 0 Å². The van der Waals surface area contributed by atoms with Gasteiger partial charge in [-0.3, -0.25) is 19.1 Å². The second-order valence-electron chi connectivity index (χ2n) is 6.25. The Morgan fingerprint density at radius 2 is 2.00 bits per heavy atom. The molecular weight excluding hydrogens is 368 g/mol. The number of amides is 1. The molecule has 1 aromatic heterocycles. The van der Waals surface area contributed by atoms with Crippen LogP contribution in [-0.2, 0) is 11.8 Å². The monoisotopic (exact) mass is 388 g/mol. The van der Waals surface area contributed by atoms with Crippen molar-refractivity contribution in [1.82, 2.24) is 14.6 Å². The standard InChI is InChI=1S/C18H20N4O6/c1-9(23)22-13(11-7-10(27-3)5-6-14(11)28-4)8-12(20-22)15-16(24)19-18(26)21(2)17(15)25/h5-7,13,25H,8H2,1-4H3,(H,19,24,26)/t13-/m1/s1. The van der Waals surface area contributed by atoms with E-state index in [2.05, 4.69) is 10.1 Å². The van der Waals surface area contributed by atoms with Gasteiger partial charge in [0.15, 0.2) is 0 Å². The van der Waals surface area contributed by atoms with Crippen LogP contribution in [0.1, 0.15) is 30.5 Å². The maximum absolute atomic E-state index is 12.3. The number of rotatable bonds is 4. The highest BCUT2D eigenvalue weighted by atomic mass is 16.5. The molecule has 1 atom stereocenters. The second kappa shape index (κ2) is 7.22. The van der Waals surface area contributed by atoms with Gasteiger partial charge in [-0.05, 0) is 18.2 Å².